The number of nitrogens with two attached hydrogens (primary N) is 2. The zero-order chi connectivity index (χ0) is 16.1. The summed E-state index contributed by atoms with van der Waals surface area (Å²) in [5.74, 6) is -0.207. The molecule has 22 heavy (non-hydrogen) atoms. The molecule has 7 nitrogen and oxygen atoms in total. The number of hydrogen-bond acceptors (Lipinski definition) is 6. The van der Waals surface area contributed by atoms with Gasteiger partial charge in [-0.05, 0) is 25.3 Å². The molecular formula is C15H21N5O2. The summed E-state index contributed by atoms with van der Waals surface area (Å²) in [5, 5.41) is 12.6. The van der Waals surface area contributed by atoms with Crippen LogP contribution in [0, 0.1) is 0 Å². The predicted molar refractivity (Wildman–Crippen MR) is 86.3 cm³/mol. The van der Waals surface area contributed by atoms with Gasteiger partial charge in [-0.25, -0.2) is 4.98 Å². The molecule has 1 aliphatic carbocycles. The summed E-state index contributed by atoms with van der Waals surface area (Å²) in [5.41, 5.74) is 12.9. The van der Waals surface area contributed by atoms with E-state index < -0.39 is 6.10 Å². The average molecular weight is 303 g/mol. The number of rotatable bonds is 4. The number of nitrogen functional groups attached to an aromatic ring is 1. The molecule has 1 heterocycles. The Balaban J connectivity index is 2.24. The number of anilines is 1. The van der Waals surface area contributed by atoms with Crippen molar-refractivity contribution in [3.63, 3.8) is 0 Å². The number of carbonyl (C=O) groups is 1. The summed E-state index contributed by atoms with van der Waals surface area (Å²) in [7, 11) is 1.63. The van der Waals surface area contributed by atoms with E-state index in [2.05, 4.69) is 15.3 Å². The Hall–Kier alpha value is -2.41. The number of nitrogens with one attached hydrogen (secondary N) is 1. The van der Waals surface area contributed by atoms with Crippen LogP contribution >= 0.6 is 0 Å². The fourth-order valence-corrected chi connectivity index (χ4v) is 2.52. The highest BCUT2D eigenvalue weighted by atomic mass is 16.3. The molecule has 0 saturated heterocycles. The Morgan fingerprint density at radius 3 is 2.91 bits per heavy atom. The van der Waals surface area contributed by atoms with Crippen molar-refractivity contribution in [2.75, 3.05) is 12.8 Å². The van der Waals surface area contributed by atoms with Crippen LogP contribution in [0.3, 0.4) is 0 Å². The highest BCUT2D eigenvalue weighted by Crippen LogP contribution is 2.21. The predicted octanol–water partition coefficient (Wildman–Crippen LogP) is 0.307. The van der Waals surface area contributed by atoms with Gasteiger partial charge in [0.05, 0.1) is 17.7 Å². The van der Waals surface area contributed by atoms with Crippen LogP contribution in [0.25, 0.3) is 5.57 Å². The van der Waals surface area contributed by atoms with Gasteiger partial charge < -0.3 is 21.9 Å². The molecule has 1 saturated carbocycles. The largest absolute Gasteiger partial charge is 0.404 e. The van der Waals surface area contributed by atoms with Crippen LogP contribution in [0.2, 0.25) is 0 Å². The molecule has 0 spiro atoms. The first-order valence-electron chi connectivity index (χ1n) is 7.15. The van der Waals surface area contributed by atoms with E-state index >= 15 is 0 Å². The van der Waals surface area contributed by atoms with E-state index in [1.54, 1.807) is 19.3 Å². The number of aliphatic imine (C=N–C) groups is 1. The number of aromatic nitrogens is 1. The van der Waals surface area contributed by atoms with Gasteiger partial charge >= 0.3 is 0 Å². The molecule has 0 aliphatic heterocycles. The minimum absolute atomic E-state index is 0.138. The van der Waals surface area contributed by atoms with Crippen LogP contribution in [0.1, 0.15) is 35.2 Å². The lowest BCUT2D eigenvalue weighted by molar-refractivity contribution is 0.0874. The number of amides is 1. The van der Waals surface area contributed by atoms with Crippen LogP contribution in [0.15, 0.2) is 23.5 Å². The van der Waals surface area contributed by atoms with E-state index in [0.717, 1.165) is 12.8 Å². The second kappa shape index (κ2) is 7.04. The van der Waals surface area contributed by atoms with Gasteiger partial charge in [0.25, 0.3) is 5.91 Å². The van der Waals surface area contributed by atoms with E-state index in [1.807, 2.05) is 0 Å². The van der Waals surface area contributed by atoms with Gasteiger partial charge in [0.2, 0.25) is 0 Å². The molecule has 118 valence electrons. The first kappa shape index (κ1) is 16.0. The monoisotopic (exact) mass is 303 g/mol. The first-order chi connectivity index (χ1) is 10.6. The van der Waals surface area contributed by atoms with E-state index in [4.69, 9.17) is 11.5 Å². The van der Waals surface area contributed by atoms with E-state index in [0.29, 0.717) is 17.6 Å². The Morgan fingerprint density at radius 1 is 1.55 bits per heavy atom. The van der Waals surface area contributed by atoms with Crippen molar-refractivity contribution in [1.29, 1.82) is 0 Å². The van der Waals surface area contributed by atoms with Gasteiger partial charge in [0.1, 0.15) is 5.82 Å². The molecule has 0 unspecified atom stereocenters. The Kier molecular flexibility index (Phi) is 5.11. The third-order valence-electron chi connectivity index (χ3n) is 3.74. The van der Waals surface area contributed by atoms with Gasteiger partial charge in [-0.3, -0.25) is 9.79 Å². The topological polar surface area (TPSA) is 127 Å². The zero-order valence-corrected chi connectivity index (χ0v) is 12.5. The van der Waals surface area contributed by atoms with Crippen molar-refractivity contribution in [2.45, 2.75) is 31.4 Å². The number of aliphatic hydroxyl groups excluding tert-OH is 1. The van der Waals surface area contributed by atoms with Crippen molar-refractivity contribution in [2.24, 2.45) is 10.7 Å². The Labute approximate surface area is 129 Å². The second-order valence-electron chi connectivity index (χ2n) is 5.24. The molecule has 1 amide bonds. The second-order valence-corrected chi connectivity index (χ2v) is 5.24. The van der Waals surface area contributed by atoms with Crippen LogP contribution in [-0.4, -0.2) is 41.4 Å². The highest BCUT2D eigenvalue weighted by Gasteiger charge is 2.27. The molecule has 6 N–H and O–H groups in total. The standard InChI is InChI=1S/C15H21N5O2/c1-18-7-10(6-16)9-5-11(14(17)19-8-9)15(22)20-12-3-2-4-13(12)21/h5-8,12-13,21H,2-4,16H2,1H3,(H2,17,19)(H,20,22)/b10-6+,18-7?/t12-,13-/m0/s1. The molecule has 1 fully saturated rings. The van der Waals surface area contributed by atoms with Crippen molar-refractivity contribution < 1.29 is 9.90 Å². The van der Waals surface area contributed by atoms with Gasteiger partial charge in [0, 0.05) is 36.8 Å². The zero-order valence-electron chi connectivity index (χ0n) is 12.5. The van der Waals surface area contributed by atoms with Crippen LogP contribution in [-0.2, 0) is 0 Å². The minimum atomic E-state index is -0.506. The number of allylic oxidation sites excluding steroid dienone is 1. The molecule has 1 aromatic rings. The summed E-state index contributed by atoms with van der Waals surface area (Å²) < 4.78 is 0. The molecule has 1 aliphatic rings. The highest BCUT2D eigenvalue weighted by molar-refractivity contribution is 6.10. The van der Waals surface area contributed by atoms with Crippen LogP contribution in [0.4, 0.5) is 5.82 Å². The molecule has 7 heteroatoms. The van der Waals surface area contributed by atoms with E-state index in [9.17, 15) is 9.90 Å². The van der Waals surface area contributed by atoms with Crippen molar-refractivity contribution >= 4 is 23.5 Å². The molecule has 1 aromatic heterocycles. The summed E-state index contributed by atoms with van der Waals surface area (Å²) in [4.78, 5) is 20.3. The average Bonchev–Trinajstić information content (AvgIpc) is 2.90. The number of carbonyl (C=O) groups excluding carboxylic acids is 1. The number of pyridine rings is 1. The smallest absolute Gasteiger partial charge is 0.255 e. The van der Waals surface area contributed by atoms with Crippen molar-refractivity contribution in [3.05, 3.63) is 29.6 Å². The van der Waals surface area contributed by atoms with Gasteiger partial charge in [-0.2, -0.15) is 0 Å². The molecule has 0 bridgehead atoms. The number of hydrogen-bond donors (Lipinski definition) is 4. The van der Waals surface area contributed by atoms with Crippen LogP contribution in [0.5, 0.6) is 0 Å². The molecule has 0 aromatic carbocycles. The van der Waals surface area contributed by atoms with Gasteiger partial charge in [-0.1, -0.05) is 0 Å². The van der Waals surface area contributed by atoms with Crippen LogP contribution < -0.4 is 16.8 Å². The van der Waals surface area contributed by atoms with Gasteiger partial charge in [-0.15, -0.1) is 0 Å². The molecule has 2 atom stereocenters. The number of nitrogens with zero attached hydrogens (tertiary/aromatic N) is 2. The Morgan fingerprint density at radius 2 is 2.32 bits per heavy atom. The van der Waals surface area contributed by atoms with Crippen molar-refractivity contribution in [1.82, 2.24) is 10.3 Å². The lowest BCUT2D eigenvalue weighted by Gasteiger charge is -2.17. The van der Waals surface area contributed by atoms with E-state index in [-0.39, 0.29) is 23.3 Å². The fraction of sp³-hybridized carbons (Fsp3) is 0.400. The normalized spacial score (nSPS) is 22.2. The maximum atomic E-state index is 12.4. The third-order valence-corrected chi connectivity index (χ3v) is 3.74. The number of aliphatic hydroxyl groups is 1. The molecule has 0 radical (unpaired) electrons. The Bertz CT molecular complexity index is 612. The lowest BCUT2D eigenvalue weighted by Crippen LogP contribution is -2.40. The molecule has 2 rings (SSSR count). The lowest BCUT2D eigenvalue weighted by atomic mass is 10.1. The van der Waals surface area contributed by atoms with Crippen molar-refractivity contribution in [3.8, 4) is 0 Å². The third kappa shape index (κ3) is 3.43. The SMILES string of the molecule is CN=C/C(=C\N)c1cnc(N)c(C(=O)N[C@H]2CCC[C@@H]2O)c1. The summed E-state index contributed by atoms with van der Waals surface area (Å²) in [6.07, 6.45) is 6.36. The quantitative estimate of drug-likeness (QED) is 0.595. The summed E-state index contributed by atoms with van der Waals surface area (Å²) in [6.45, 7) is 0. The maximum absolute atomic E-state index is 12.4. The fourth-order valence-electron chi connectivity index (χ4n) is 2.52. The maximum Gasteiger partial charge on any atom is 0.255 e. The molecular weight excluding hydrogens is 282 g/mol. The first-order valence-corrected chi connectivity index (χ1v) is 7.15. The summed E-state index contributed by atoms with van der Waals surface area (Å²) in [6, 6.07) is 1.39. The minimum Gasteiger partial charge on any atom is -0.404 e. The summed E-state index contributed by atoms with van der Waals surface area (Å²) >= 11 is 0. The van der Waals surface area contributed by atoms with Gasteiger partial charge in [0.15, 0.2) is 0 Å². The van der Waals surface area contributed by atoms with E-state index in [1.165, 1.54) is 12.4 Å².